The minimum absolute atomic E-state index is 0.0404. The minimum Gasteiger partial charge on any atom is -0.488 e. The molecule has 6 nitrogen and oxygen atoms in total. The van der Waals surface area contributed by atoms with Crippen molar-refractivity contribution in [1.29, 1.82) is 0 Å². The number of nitrogens with zero attached hydrogens (tertiary/aromatic N) is 1. The molecule has 0 bridgehead atoms. The quantitative estimate of drug-likeness (QED) is 0.578. The van der Waals surface area contributed by atoms with Crippen LogP contribution in [0.4, 0.5) is 5.13 Å². The molecule has 3 N–H and O–H groups in total. The van der Waals surface area contributed by atoms with Gasteiger partial charge in [-0.2, -0.15) is 0 Å². The zero-order valence-electron chi connectivity index (χ0n) is 14.1. The standard InChI is InChI=1S/C19H16BrN3O3S/c20-13-5-3-4-12(8-13)10-26-16-7-2-1-6-15(16)18(25)23-19-22-14(11-27-19)9-17(21)24/h1-8,11H,9-10H2,(H2,21,24)(H,22,23,25). The molecule has 138 valence electrons. The van der Waals surface area contributed by atoms with Crippen molar-refractivity contribution in [3.8, 4) is 5.75 Å². The van der Waals surface area contributed by atoms with Gasteiger partial charge in [0.15, 0.2) is 5.13 Å². The van der Waals surface area contributed by atoms with E-state index in [1.54, 1.807) is 29.6 Å². The smallest absolute Gasteiger partial charge is 0.261 e. The van der Waals surface area contributed by atoms with Gasteiger partial charge >= 0.3 is 0 Å². The van der Waals surface area contributed by atoms with E-state index < -0.39 is 5.91 Å². The molecule has 0 radical (unpaired) electrons. The molecule has 3 rings (SSSR count). The lowest BCUT2D eigenvalue weighted by molar-refractivity contribution is -0.117. The van der Waals surface area contributed by atoms with E-state index in [2.05, 4.69) is 26.2 Å². The van der Waals surface area contributed by atoms with E-state index in [4.69, 9.17) is 10.5 Å². The molecule has 0 atom stereocenters. The summed E-state index contributed by atoms with van der Waals surface area (Å²) in [6.45, 7) is 0.337. The fourth-order valence-corrected chi connectivity index (χ4v) is 3.51. The summed E-state index contributed by atoms with van der Waals surface area (Å²) in [6.07, 6.45) is 0.0404. The summed E-state index contributed by atoms with van der Waals surface area (Å²) in [6, 6.07) is 14.8. The number of anilines is 1. The number of halogens is 1. The monoisotopic (exact) mass is 445 g/mol. The molecule has 8 heteroatoms. The number of hydrogen-bond acceptors (Lipinski definition) is 5. The number of ether oxygens (including phenoxy) is 1. The molecule has 0 aliphatic carbocycles. The fourth-order valence-electron chi connectivity index (χ4n) is 2.36. The van der Waals surface area contributed by atoms with E-state index in [1.807, 2.05) is 24.3 Å². The van der Waals surface area contributed by atoms with Crippen molar-refractivity contribution in [3.05, 3.63) is 75.2 Å². The van der Waals surface area contributed by atoms with Gasteiger partial charge in [0.05, 0.1) is 17.7 Å². The average molecular weight is 446 g/mol. The zero-order chi connectivity index (χ0) is 19.2. The Morgan fingerprint density at radius 3 is 2.78 bits per heavy atom. The van der Waals surface area contributed by atoms with Crippen LogP contribution in [0.1, 0.15) is 21.6 Å². The first-order valence-corrected chi connectivity index (χ1v) is 9.69. The van der Waals surface area contributed by atoms with E-state index in [-0.39, 0.29) is 12.3 Å². The van der Waals surface area contributed by atoms with Crippen molar-refractivity contribution in [2.75, 3.05) is 5.32 Å². The Kier molecular flexibility index (Phi) is 6.20. The van der Waals surface area contributed by atoms with Crippen LogP contribution in [0, 0.1) is 0 Å². The third kappa shape index (κ3) is 5.38. The van der Waals surface area contributed by atoms with Gasteiger partial charge in [0.1, 0.15) is 12.4 Å². The zero-order valence-corrected chi connectivity index (χ0v) is 16.5. The number of amides is 2. The maximum Gasteiger partial charge on any atom is 0.261 e. The van der Waals surface area contributed by atoms with Crippen molar-refractivity contribution in [2.24, 2.45) is 5.73 Å². The lowest BCUT2D eigenvalue weighted by Crippen LogP contribution is -2.15. The molecular weight excluding hydrogens is 430 g/mol. The summed E-state index contributed by atoms with van der Waals surface area (Å²) in [4.78, 5) is 27.8. The van der Waals surface area contributed by atoms with Gasteiger partial charge in [-0.3, -0.25) is 14.9 Å². The highest BCUT2D eigenvalue weighted by atomic mass is 79.9. The van der Waals surface area contributed by atoms with Gasteiger partial charge in [-0.25, -0.2) is 4.98 Å². The lowest BCUT2D eigenvalue weighted by Gasteiger charge is -2.11. The molecule has 0 aliphatic rings. The number of nitrogens with one attached hydrogen (secondary N) is 1. The van der Waals surface area contributed by atoms with Crippen molar-refractivity contribution < 1.29 is 14.3 Å². The molecule has 2 aromatic carbocycles. The molecule has 0 saturated heterocycles. The van der Waals surface area contributed by atoms with Crippen LogP contribution in [-0.2, 0) is 17.8 Å². The number of hydrogen-bond donors (Lipinski definition) is 2. The molecule has 3 aromatic rings. The highest BCUT2D eigenvalue weighted by Crippen LogP contribution is 2.23. The number of thiazole rings is 1. The molecule has 0 unspecified atom stereocenters. The number of carbonyl (C=O) groups is 2. The predicted molar refractivity (Wildman–Crippen MR) is 108 cm³/mol. The highest BCUT2D eigenvalue weighted by Gasteiger charge is 2.14. The van der Waals surface area contributed by atoms with Crippen molar-refractivity contribution >= 4 is 44.2 Å². The first-order chi connectivity index (χ1) is 13.0. The van der Waals surface area contributed by atoms with Gasteiger partial charge in [0.25, 0.3) is 5.91 Å². The van der Waals surface area contributed by atoms with Crippen LogP contribution >= 0.6 is 27.3 Å². The van der Waals surface area contributed by atoms with E-state index in [9.17, 15) is 9.59 Å². The first kappa shape index (κ1) is 19.1. The summed E-state index contributed by atoms with van der Waals surface area (Å²) in [5.41, 5.74) is 7.07. The summed E-state index contributed by atoms with van der Waals surface area (Å²) < 4.78 is 6.80. The van der Waals surface area contributed by atoms with Crippen molar-refractivity contribution in [1.82, 2.24) is 4.98 Å². The Morgan fingerprint density at radius 2 is 2.00 bits per heavy atom. The number of nitrogens with two attached hydrogens (primary N) is 1. The Bertz CT molecular complexity index is 974. The molecule has 2 amide bonds. The van der Waals surface area contributed by atoms with Crippen LogP contribution in [0.25, 0.3) is 0 Å². The second-order valence-electron chi connectivity index (χ2n) is 5.66. The number of para-hydroxylation sites is 1. The van der Waals surface area contributed by atoms with Crippen LogP contribution < -0.4 is 15.8 Å². The molecule has 0 saturated carbocycles. The predicted octanol–water partition coefficient (Wildman–Crippen LogP) is 3.76. The Hall–Kier alpha value is -2.71. The van der Waals surface area contributed by atoms with E-state index >= 15 is 0 Å². The third-order valence-corrected chi connectivity index (χ3v) is 4.84. The van der Waals surface area contributed by atoms with Crippen LogP contribution in [0.15, 0.2) is 58.4 Å². The second kappa shape index (κ2) is 8.79. The van der Waals surface area contributed by atoms with E-state index in [0.29, 0.717) is 28.7 Å². The van der Waals surface area contributed by atoms with Gasteiger partial charge in [-0.05, 0) is 29.8 Å². The van der Waals surface area contributed by atoms with Crippen LogP contribution in [0.5, 0.6) is 5.75 Å². The summed E-state index contributed by atoms with van der Waals surface area (Å²) in [5.74, 6) is -0.326. The summed E-state index contributed by atoms with van der Waals surface area (Å²) in [5, 5.41) is 4.82. The molecule has 27 heavy (non-hydrogen) atoms. The Balaban J connectivity index is 1.70. The van der Waals surface area contributed by atoms with Gasteiger partial charge < -0.3 is 10.5 Å². The first-order valence-electron chi connectivity index (χ1n) is 8.01. The van der Waals surface area contributed by atoms with Crippen LogP contribution in [0.3, 0.4) is 0 Å². The second-order valence-corrected chi connectivity index (χ2v) is 7.43. The van der Waals surface area contributed by atoms with Crippen LogP contribution in [0.2, 0.25) is 0 Å². The van der Waals surface area contributed by atoms with Gasteiger partial charge in [-0.15, -0.1) is 11.3 Å². The normalized spacial score (nSPS) is 10.4. The highest BCUT2D eigenvalue weighted by molar-refractivity contribution is 9.10. The molecule has 0 aliphatic heterocycles. The fraction of sp³-hybridized carbons (Fsp3) is 0.105. The van der Waals surface area contributed by atoms with E-state index in [0.717, 1.165) is 10.0 Å². The minimum atomic E-state index is -0.468. The molecule has 1 aromatic heterocycles. The Morgan fingerprint density at radius 1 is 1.19 bits per heavy atom. The summed E-state index contributed by atoms with van der Waals surface area (Å²) >= 11 is 4.66. The SMILES string of the molecule is NC(=O)Cc1csc(NC(=O)c2ccccc2OCc2cccc(Br)c2)n1. The lowest BCUT2D eigenvalue weighted by atomic mass is 10.2. The third-order valence-electron chi connectivity index (χ3n) is 3.54. The van der Waals surface area contributed by atoms with Gasteiger partial charge in [-0.1, -0.05) is 40.2 Å². The summed E-state index contributed by atoms with van der Waals surface area (Å²) in [7, 11) is 0. The van der Waals surface area contributed by atoms with Crippen molar-refractivity contribution in [3.63, 3.8) is 0 Å². The molecule has 0 spiro atoms. The maximum atomic E-state index is 12.6. The maximum absolute atomic E-state index is 12.6. The van der Waals surface area contributed by atoms with Crippen LogP contribution in [-0.4, -0.2) is 16.8 Å². The molecular formula is C19H16BrN3O3S. The van der Waals surface area contributed by atoms with E-state index in [1.165, 1.54) is 11.3 Å². The van der Waals surface area contributed by atoms with Crippen molar-refractivity contribution in [2.45, 2.75) is 13.0 Å². The number of rotatable bonds is 7. The largest absolute Gasteiger partial charge is 0.488 e. The number of carbonyl (C=O) groups excluding carboxylic acids is 2. The average Bonchev–Trinajstić information content (AvgIpc) is 3.06. The number of aromatic nitrogens is 1. The Labute approximate surface area is 168 Å². The van der Waals surface area contributed by atoms with Gasteiger partial charge in [0.2, 0.25) is 5.91 Å². The number of benzene rings is 2. The van der Waals surface area contributed by atoms with Gasteiger partial charge in [0, 0.05) is 9.85 Å². The topological polar surface area (TPSA) is 94.3 Å². The molecule has 0 fully saturated rings. The molecule has 1 heterocycles. The number of primary amides is 1.